The third kappa shape index (κ3) is 4.25. The molecule has 0 bridgehead atoms. The lowest BCUT2D eigenvalue weighted by Crippen LogP contribution is -2.15. The third-order valence-electron chi connectivity index (χ3n) is 8.38. The summed E-state index contributed by atoms with van der Waals surface area (Å²) in [6.45, 7) is 12.3. The molecule has 0 aliphatic carbocycles. The topological polar surface area (TPSA) is 49.7 Å². The van der Waals surface area contributed by atoms with Gasteiger partial charge in [0.15, 0.2) is 0 Å². The second-order valence-electron chi connectivity index (χ2n) is 11.6. The highest BCUT2D eigenvalue weighted by molar-refractivity contribution is 6.22. The van der Waals surface area contributed by atoms with Crippen LogP contribution in [0.4, 0.5) is 0 Å². The molecule has 0 fully saturated rings. The molecule has 5 heteroatoms. The highest BCUT2D eigenvalue weighted by Gasteiger charge is 2.22. The van der Waals surface area contributed by atoms with Gasteiger partial charge in [0.25, 0.3) is 5.56 Å². The summed E-state index contributed by atoms with van der Waals surface area (Å²) in [5, 5.41) is 4.34. The van der Waals surface area contributed by atoms with Gasteiger partial charge < -0.3 is 19.0 Å². The van der Waals surface area contributed by atoms with Crippen molar-refractivity contribution in [2.45, 2.75) is 41.0 Å². The van der Waals surface area contributed by atoms with Gasteiger partial charge in [-0.2, -0.15) is 0 Å². The summed E-state index contributed by atoms with van der Waals surface area (Å²) in [4.78, 5) is 19.2. The van der Waals surface area contributed by atoms with Crippen LogP contribution in [0, 0.1) is 34.6 Å². The minimum Gasteiger partial charge on any atom is -0.493 e. The number of H-pyrrole nitrogens is 1. The van der Waals surface area contributed by atoms with Crippen molar-refractivity contribution in [2.24, 2.45) is 0 Å². The van der Waals surface area contributed by atoms with Gasteiger partial charge in [-0.3, -0.25) is 4.79 Å². The molecule has 0 atom stereocenters. The van der Waals surface area contributed by atoms with E-state index in [-0.39, 0.29) is 5.56 Å². The highest BCUT2D eigenvalue weighted by atomic mass is 16.5. The number of aromatic amines is 1. The average Bonchev–Trinajstić information content (AvgIpc) is 3.26. The zero-order valence-corrected chi connectivity index (χ0v) is 24.5. The zero-order valence-electron chi connectivity index (χ0n) is 24.5. The molecule has 5 nitrogen and oxygen atoms in total. The van der Waals surface area contributed by atoms with Crippen molar-refractivity contribution in [3.8, 4) is 16.9 Å². The molecule has 0 aliphatic rings. The molecule has 0 radical (unpaired) electrons. The Bertz CT molecular complexity index is 2010. The summed E-state index contributed by atoms with van der Waals surface area (Å²) in [6.07, 6.45) is 2.99. The Morgan fingerprint density at radius 2 is 1.52 bits per heavy atom. The molecule has 40 heavy (non-hydrogen) atoms. The van der Waals surface area contributed by atoms with E-state index in [2.05, 4.69) is 112 Å². The molecule has 0 saturated carbocycles. The smallest absolute Gasteiger partial charge is 0.273 e. The normalized spacial score (nSPS) is 12.0. The van der Waals surface area contributed by atoms with Gasteiger partial charge in [0.2, 0.25) is 0 Å². The van der Waals surface area contributed by atoms with Crippen LogP contribution in [0.3, 0.4) is 0 Å². The van der Waals surface area contributed by atoms with Crippen molar-refractivity contribution in [2.75, 3.05) is 27.2 Å². The SMILES string of the molecule is Cc1ccc(-c2c3c4cc(C)c(OCCCN(C)C)cc4[nH]c(=O)c3n3ccc4cc(C)c(C)cc4c23)cc1C. The van der Waals surface area contributed by atoms with Gasteiger partial charge in [-0.15, -0.1) is 0 Å². The van der Waals surface area contributed by atoms with Crippen LogP contribution in [0.1, 0.15) is 34.2 Å². The maximum absolute atomic E-state index is 13.8. The molecule has 6 aromatic rings. The first-order chi connectivity index (χ1) is 19.1. The van der Waals surface area contributed by atoms with Crippen LogP contribution >= 0.6 is 0 Å². The minimum absolute atomic E-state index is 0.0989. The number of pyridine rings is 2. The van der Waals surface area contributed by atoms with Crippen LogP contribution in [-0.2, 0) is 0 Å². The van der Waals surface area contributed by atoms with E-state index in [1.54, 1.807) is 0 Å². The summed E-state index contributed by atoms with van der Waals surface area (Å²) in [5.41, 5.74) is 10.7. The van der Waals surface area contributed by atoms with Crippen LogP contribution in [0.5, 0.6) is 5.75 Å². The quantitative estimate of drug-likeness (QED) is 0.225. The number of aryl methyl sites for hydroxylation is 5. The number of nitrogens with one attached hydrogen (secondary N) is 1. The lowest BCUT2D eigenvalue weighted by Gasteiger charge is -2.13. The molecular weight excluding hydrogens is 494 g/mol. The van der Waals surface area contributed by atoms with Gasteiger partial charge in [0, 0.05) is 40.5 Å². The van der Waals surface area contributed by atoms with E-state index in [0.29, 0.717) is 12.1 Å². The molecule has 204 valence electrons. The molecule has 3 aromatic carbocycles. The van der Waals surface area contributed by atoms with E-state index in [0.717, 1.165) is 62.6 Å². The Labute approximate surface area is 235 Å². The largest absolute Gasteiger partial charge is 0.493 e. The van der Waals surface area contributed by atoms with Gasteiger partial charge in [-0.25, -0.2) is 0 Å². The van der Waals surface area contributed by atoms with Crippen molar-refractivity contribution in [1.82, 2.24) is 14.3 Å². The lowest BCUT2D eigenvalue weighted by atomic mass is 9.94. The van der Waals surface area contributed by atoms with Gasteiger partial charge in [0.1, 0.15) is 11.3 Å². The van der Waals surface area contributed by atoms with Crippen LogP contribution in [-0.4, -0.2) is 41.5 Å². The van der Waals surface area contributed by atoms with Crippen molar-refractivity contribution < 1.29 is 4.74 Å². The molecular formula is C35H37N3O2. The second kappa shape index (κ2) is 9.83. The average molecular weight is 532 g/mol. The number of nitrogens with zero attached hydrogens (tertiary/aromatic N) is 2. The third-order valence-corrected chi connectivity index (χ3v) is 8.38. The fourth-order valence-corrected chi connectivity index (χ4v) is 5.90. The number of ether oxygens (including phenoxy) is 1. The van der Waals surface area contributed by atoms with Crippen LogP contribution in [0.2, 0.25) is 0 Å². The molecule has 0 aliphatic heterocycles. The number of hydrogen-bond acceptors (Lipinski definition) is 3. The van der Waals surface area contributed by atoms with E-state index in [1.165, 1.54) is 27.6 Å². The number of hydrogen-bond donors (Lipinski definition) is 1. The fraction of sp³-hybridized carbons (Fsp3) is 0.286. The van der Waals surface area contributed by atoms with Crippen LogP contribution in [0.15, 0.2) is 59.5 Å². The Morgan fingerprint density at radius 3 is 2.27 bits per heavy atom. The van der Waals surface area contributed by atoms with Gasteiger partial charge in [0.05, 0.1) is 17.6 Å². The van der Waals surface area contributed by atoms with E-state index in [4.69, 9.17) is 4.74 Å². The highest BCUT2D eigenvalue weighted by Crippen LogP contribution is 2.42. The van der Waals surface area contributed by atoms with E-state index in [1.807, 2.05) is 6.07 Å². The summed E-state index contributed by atoms with van der Waals surface area (Å²) >= 11 is 0. The van der Waals surface area contributed by atoms with Gasteiger partial charge in [-0.1, -0.05) is 24.3 Å². The zero-order chi connectivity index (χ0) is 28.3. The predicted octanol–water partition coefficient (Wildman–Crippen LogP) is 7.63. The molecule has 3 heterocycles. The Balaban J connectivity index is 1.72. The summed E-state index contributed by atoms with van der Waals surface area (Å²) in [6, 6.07) is 17.4. The Hall–Kier alpha value is -4.09. The summed E-state index contributed by atoms with van der Waals surface area (Å²) < 4.78 is 8.27. The molecule has 6 rings (SSSR count). The number of fused-ring (bicyclic) bond motifs is 7. The van der Waals surface area contributed by atoms with Crippen LogP contribution in [0.25, 0.3) is 49.2 Å². The number of aromatic nitrogens is 2. The number of rotatable bonds is 6. The van der Waals surface area contributed by atoms with Gasteiger partial charge >= 0.3 is 0 Å². The lowest BCUT2D eigenvalue weighted by molar-refractivity contribution is 0.280. The van der Waals surface area contributed by atoms with E-state index >= 15 is 0 Å². The monoisotopic (exact) mass is 531 g/mol. The van der Waals surface area contributed by atoms with E-state index in [9.17, 15) is 4.79 Å². The first kappa shape index (κ1) is 26.1. The van der Waals surface area contributed by atoms with Crippen molar-refractivity contribution in [3.05, 3.63) is 92.9 Å². The van der Waals surface area contributed by atoms with Crippen LogP contribution < -0.4 is 10.3 Å². The predicted molar refractivity (Wildman–Crippen MR) is 168 cm³/mol. The first-order valence-electron chi connectivity index (χ1n) is 14.0. The van der Waals surface area contributed by atoms with Crippen molar-refractivity contribution in [3.63, 3.8) is 0 Å². The molecule has 0 unspecified atom stereocenters. The first-order valence-corrected chi connectivity index (χ1v) is 14.0. The second-order valence-corrected chi connectivity index (χ2v) is 11.6. The fourth-order valence-electron chi connectivity index (χ4n) is 5.90. The number of benzene rings is 3. The Morgan fingerprint density at radius 1 is 0.800 bits per heavy atom. The van der Waals surface area contributed by atoms with Gasteiger partial charge in [-0.05, 0) is 112 Å². The van der Waals surface area contributed by atoms with Crippen molar-refractivity contribution in [1.29, 1.82) is 0 Å². The maximum atomic E-state index is 13.8. The minimum atomic E-state index is -0.0989. The molecule has 0 amide bonds. The molecule has 3 aromatic heterocycles. The Kier molecular flexibility index (Phi) is 6.42. The summed E-state index contributed by atoms with van der Waals surface area (Å²) in [7, 11) is 4.13. The molecule has 0 spiro atoms. The van der Waals surface area contributed by atoms with E-state index < -0.39 is 0 Å². The molecule has 0 saturated heterocycles. The standard InChI is InChI=1S/C35H37N3O2/c1-20-9-10-26(16-21(20)2)31-32-28-18-24(5)30(40-14-8-12-37(6)7)19-29(28)36-35(39)34(32)38-13-11-25-15-22(3)23(4)17-27(25)33(31)38/h9-11,13,15-19H,8,12,14H2,1-7H3,(H,36,39). The maximum Gasteiger partial charge on any atom is 0.273 e. The van der Waals surface area contributed by atoms with Crippen molar-refractivity contribution >= 4 is 38.1 Å². The molecule has 1 N–H and O–H groups in total. The summed E-state index contributed by atoms with van der Waals surface area (Å²) in [5.74, 6) is 0.814.